The standard InChI is InChI=1S/C15H31NOS/c1-9(2)14(17)13(16-11(5)6)15(10(3)4)18-12(7)8/h9-13,15-16H,1-8H3. The second-order valence-corrected chi connectivity index (χ2v) is 8.01. The van der Waals surface area contributed by atoms with E-state index in [-0.39, 0.29) is 12.0 Å². The molecular weight excluding hydrogens is 242 g/mol. The van der Waals surface area contributed by atoms with Gasteiger partial charge in [-0.15, -0.1) is 0 Å². The number of thioether (sulfide) groups is 1. The van der Waals surface area contributed by atoms with Gasteiger partial charge in [-0.3, -0.25) is 4.79 Å². The van der Waals surface area contributed by atoms with Gasteiger partial charge in [0.2, 0.25) is 0 Å². The number of hydrogen-bond donors (Lipinski definition) is 1. The summed E-state index contributed by atoms with van der Waals surface area (Å²) in [5, 5.41) is 4.38. The highest BCUT2D eigenvalue weighted by Crippen LogP contribution is 2.28. The van der Waals surface area contributed by atoms with E-state index in [1.54, 1.807) is 0 Å². The molecular formula is C15H31NOS. The molecule has 0 fully saturated rings. The molecule has 0 aromatic rings. The zero-order chi connectivity index (χ0) is 14.5. The van der Waals surface area contributed by atoms with Crippen LogP contribution in [0.15, 0.2) is 0 Å². The van der Waals surface area contributed by atoms with Crippen LogP contribution in [-0.4, -0.2) is 28.4 Å². The van der Waals surface area contributed by atoms with Gasteiger partial charge in [0.1, 0.15) is 0 Å². The first-order valence-electron chi connectivity index (χ1n) is 7.12. The molecule has 0 bridgehead atoms. The molecule has 0 radical (unpaired) electrons. The van der Waals surface area contributed by atoms with Crippen LogP contribution in [0.4, 0.5) is 0 Å². The summed E-state index contributed by atoms with van der Waals surface area (Å²) in [5.41, 5.74) is 0. The van der Waals surface area contributed by atoms with E-state index in [1.807, 2.05) is 25.6 Å². The first kappa shape index (κ1) is 18.0. The molecule has 0 saturated heterocycles. The zero-order valence-corrected chi connectivity index (χ0v) is 14.1. The smallest absolute Gasteiger partial charge is 0.153 e. The maximum Gasteiger partial charge on any atom is 0.153 e. The molecule has 3 heteroatoms. The van der Waals surface area contributed by atoms with Gasteiger partial charge in [-0.25, -0.2) is 0 Å². The van der Waals surface area contributed by atoms with Crippen LogP contribution in [0.2, 0.25) is 0 Å². The molecule has 2 nitrogen and oxygen atoms in total. The Kier molecular flexibility index (Phi) is 8.20. The minimum absolute atomic E-state index is 0.0302. The fourth-order valence-corrected chi connectivity index (χ4v) is 3.30. The van der Waals surface area contributed by atoms with Gasteiger partial charge in [0.15, 0.2) is 5.78 Å². The number of carbonyl (C=O) groups is 1. The number of hydrogen-bond acceptors (Lipinski definition) is 3. The topological polar surface area (TPSA) is 29.1 Å². The Labute approximate surface area is 118 Å². The van der Waals surface area contributed by atoms with Crippen LogP contribution >= 0.6 is 11.8 Å². The van der Waals surface area contributed by atoms with Crippen molar-refractivity contribution < 1.29 is 4.79 Å². The first-order chi connectivity index (χ1) is 8.16. The molecule has 18 heavy (non-hydrogen) atoms. The molecule has 0 aliphatic rings. The number of Topliss-reactive ketones (excluding diaryl/α,β-unsaturated/α-hetero) is 1. The lowest BCUT2D eigenvalue weighted by atomic mass is 9.93. The van der Waals surface area contributed by atoms with E-state index in [9.17, 15) is 4.79 Å². The molecule has 108 valence electrons. The van der Waals surface area contributed by atoms with Gasteiger partial charge in [0.05, 0.1) is 6.04 Å². The molecule has 0 aromatic heterocycles. The van der Waals surface area contributed by atoms with Crippen LogP contribution in [-0.2, 0) is 4.79 Å². The summed E-state index contributed by atoms with van der Waals surface area (Å²) in [6, 6.07) is 0.309. The lowest BCUT2D eigenvalue weighted by molar-refractivity contribution is -0.124. The molecule has 0 rings (SSSR count). The number of rotatable bonds is 8. The van der Waals surface area contributed by atoms with Gasteiger partial charge in [-0.2, -0.15) is 11.8 Å². The second kappa shape index (κ2) is 8.21. The molecule has 2 unspecified atom stereocenters. The maximum atomic E-state index is 12.4. The van der Waals surface area contributed by atoms with Gasteiger partial charge in [0.25, 0.3) is 0 Å². The third-order valence-corrected chi connectivity index (χ3v) is 4.48. The molecule has 2 atom stereocenters. The van der Waals surface area contributed by atoms with Crippen LogP contribution in [0, 0.1) is 11.8 Å². The van der Waals surface area contributed by atoms with Gasteiger partial charge >= 0.3 is 0 Å². The van der Waals surface area contributed by atoms with Gasteiger partial charge in [-0.1, -0.05) is 55.4 Å². The van der Waals surface area contributed by atoms with Gasteiger partial charge in [0, 0.05) is 17.2 Å². The van der Waals surface area contributed by atoms with Crippen molar-refractivity contribution in [1.82, 2.24) is 5.32 Å². The normalized spacial score (nSPS) is 15.8. The number of ketones is 1. The minimum Gasteiger partial charge on any atom is -0.304 e. The highest BCUT2D eigenvalue weighted by Gasteiger charge is 2.32. The Morgan fingerprint density at radius 2 is 1.44 bits per heavy atom. The van der Waals surface area contributed by atoms with E-state index < -0.39 is 0 Å². The Morgan fingerprint density at radius 1 is 0.944 bits per heavy atom. The van der Waals surface area contributed by atoms with Crippen LogP contribution in [0.5, 0.6) is 0 Å². The molecule has 0 aliphatic heterocycles. The third kappa shape index (κ3) is 6.24. The fraction of sp³-hybridized carbons (Fsp3) is 0.933. The zero-order valence-electron chi connectivity index (χ0n) is 13.3. The highest BCUT2D eigenvalue weighted by molar-refractivity contribution is 8.00. The van der Waals surface area contributed by atoms with Crippen molar-refractivity contribution in [3.8, 4) is 0 Å². The minimum atomic E-state index is -0.0302. The van der Waals surface area contributed by atoms with E-state index in [0.29, 0.717) is 28.2 Å². The largest absolute Gasteiger partial charge is 0.304 e. The SMILES string of the molecule is CC(C)NC(C(=O)C(C)C)C(SC(C)C)C(C)C. The van der Waals surface area contributed by atoms with E-state index in [1.165, 1.54) is 0 Å². The highest BCUT2D eigenvalue weighted by atomic mass is 32.2. The third-order valence-electron chi connectivity index (χ3n) is 2.80. The van der Waals surface area contributed by atoms with Crippen molar-refractivity contribution in [3.05, 3.63) is 0 Å². The van der Waals surface area contributed by atoms with Crippen LogP contribution < -0.4 is 5.32 Å². The average molecular weight is 273 g/mol. The second-order valence-electron chi connectivity index (χ2n) is 6.25. The average Bonchev–Trinajstić information content (AvgIpc) is 2.20. The van der Waals surface area contributed by atoms with E-state index in [2.05, 4.69) is 46.9 Å². The van der Waals surface area contributed by atoms with E-state index >= 15 is 0 Å². The summed E-state index contributed by atoms with van der Waals surface area (Å²) < 4.78 is 0. The van der Waals surface area contributed by atoms with Crippen molar-refractivity contribution in [1.29, 1.82) is 0 Å². The molecule has 0 heterocycles. The molecule has 1 N–H and O–H groups in total. The summed E-state index contributed by atoms with van der Waals surface area (Å²) in [6.07, 6.45) is 0. The van der Waals surface area contributed by atoms with E-state index in [4.69, 9.17) is 0 Å². The van der Waals surface area contributed by atoms with Crippen molar-refractivity contribution >= 4 is 17.5 Å². The summed E-state index contributed by atoms with van der Waals surface area (Å²) >= 11 is 1.92. The Balaban J connectivity index is 5.03. The summed E-state index contributed by atoms with van der Waals surface area (Å²) in [4.78, 5) is 12.4. The Bertz CT molecular complexity index is 249. The van der Waals surface area contributed by atoms with Gasteiger partial charge in [-0.05, 0) is 11.2 Å². The Morgan fingerprint density at radius 3 is 1.72 bits per heavy atom. The summed E-state index contributed by atoms with van der Waals surface area (Å²) in [6.45, 7) is 17.0. The first-order valence-corrected chi connectivity index (χ1v) is 8.06. The van der Waals surface area contributed by atoms with Crippen LogP contribution in [0.25, 0.3) is 0 Å². The van der Waals surface area contributed by atoms with Crippen LogP contribution in [0.3, 0.4) is 0 Å². The lowest BCUT2D eigenvalue weighted by Gasteiger charge is -2.33. The predicted molar refractivity (Wildman–Crippen MR) is 83.3 cm³/mol. The lowest BCUT2D eigenvalue weighted by Crippen LogP contribution is -2.51. The summed E-state index contributed by atoms with van der Waals surface area (Å²) in [5.74, 6) is 0.933. The summed E-state index contributed by atoms with van der Waals surface area (Å²) in [7, 11) is 0. The monoisotopic (exact) mass is 273 g/mol. The number of carbonyl (C=O) groups excluding carboxylic acids is 1. The Hall–Kier alpha value is -0.0200. The molecule has 0 spiro atoms. The van der Waals surface area contributed by atoms with Crippen molar-refractivity contribution in [3.63, 3.8) is 0 Å². The van der Waals surface area contributed by atoms with Crippen LogP contribution in [0.1, 0.15) is 55.4 Å². The van der Waals surface area contributed by atoms with Crippen molar-refractivity contribution in [2.45, 2.75) is 78.0 Å². The van der Waals surface area contributed by atoms with E-state index in [0.717, 1.165) is 0 Å². The molecule has 0 amide bonds. The quantitative estimate of drug-likeness (QED) is 0.730. The number of nitrogens with one attached hydrogen (secondary N) is 1. The molecule has 0 aliphatic carbocycles. The molecule has 0 saturated carbocycles. The molecule has 0 aromatic carbocycles. The fourth-order valence-electron chi connectivity index (χ4n) is 1.99. The van der Waals surface area contributed by atoms with Crippen molar-refractivity contribution in [2.24, 2.45) is 11.8 Å². The van der Waals surface area contributed by atoms with Crippen molar-refractivity contribution in [2.75, 3.05) is 0 Å². The van der Waals surface area contributed by atoms with Gasteiger partial charge < -0.3 is 5.32 Å². The predicted octanol–water partition coefficient (Wildman–Crippen LogP) is 3.74. The maximum absolute atomic E-state index is 12.4.